The summed E-state index contributed by atoms with van der Waals surface area (Å²) in [7, 11) is 0. The van der Waals surface area contributed by atoms with Crippen molar-refractivity contribution in [3.05, 3.63) is 100 Å². The molecule has 3 aromatic rings. The second kappa shape index (κ2) is 7.02. The Kier molecular flexibility index (Phi) is 4.42. The maximum atomic E-state index is 12.6. The van der Waals surface area contributed by atoms with Gasteiger partial charge in [-0.05, 0) is 36.4 Å². The van der Waals surface area contributed by atoms with Crippen LogP contribution in [0.1, 0.15) is 26.3 Å². The molecule has 0 fully saturated rings. The topological polar surface area (TPSA) is 43.4 Å². The number of fused-ring (bicyclic) bond motifs is 1. The van der Waals surface area contributed by atoms with Gasteiger partial charge < -0.3 is 4.74 Å². The van der Waals surface area contributed by atoms with E-state index < -0.39 is 5.97 Å². The molecule has 4 rings (SSSR count). The molecular weight excluding hydrogens is 344 g/mol. The number of esters is 1. The first-order chi connectivity index (χ1) is 12.7. The fourth-order valence-corrected chi connectivity index (χ4v) is 3.75. The standard InChI is InChI=1S/C22H14O3S/c23-21-17-11-5-7-13-19(17)26-20(21)14-16-10-4-6-12-18(16)25-22(24)15-8-2-1-3-9-15/h1-14H/b20-14+. The van der Waals surface area contributed by atoms with E-state index in [0.29, 0.717) is 27.3 Å². The van der Waals surface area contributed by atoms with E-state index in [9.17, 15) is 9.59 Å². The second-order valence-electron chi connectivity index (χ2n) is 5.73. The van der Waals surface area contributed by atoms with E-state index in [2.05, 4.69) is 0 Å². The molecule has 0 unspecified atom stereocenters. The number of allylic oxidation sites excluding steroid dienone is 1. The summed E-state index contributed by atoms with van der Waals surface area (Å²) in [6.07, 6.45) is 1.78. The summed E-state index contributed by atoms with van der Waals surface area (Å²) in [5.41, 5.74) is 1.89. The van der Waals surface area contributed by atoms with Gasteiger partial charge in [-0.2, -0.15) is 0 Å². The van der Waals surface area contributed by atoms with Gasteiger partial charge in [-0.3, -0.25) is 4.79 Å². The summed E-state index contributed by atoms with van der Waals surface area (Å²) in [6.45, 7) is 0. The molecule has 3 aromatic carbocycles. The van der Waals surface area contributed by atoms with Crippen LogP contribution in [-0.2, 0) is 0 Å². The van der Waals surface area contributed by atoms with E-state index in [0.717, 1.165) is 4.90 Å². The largest absolute Gasteiger partial charge is 0.422 e. The van der Waals surface area contributed by atoms with Gasteiger partial charge in [0.25, 0.3) is 0 Å². The fraction of sp³-hybridized carbons (Fsp3) is 0. The number of rotatable bonds is 3. The molecule has 1 aliphatic rings. The van der Waals surface area contributed by atoms with E-state index in [4.69, 9.17) is 4.74 Å². The highest BCUT2D eigenvalue weighted by atomic mass is 32.2. The molecule has 0 radical (unpaired) electrons. The van der Waals surface area contributed by atoms with Gasteiger partial charge in [0.2, 0.25) is 5.78 Å². The number of thioether (sulfide) groups is 1. The van der Waals surface area contributed by atoms with Crippen molar-refractivity contribution >= 4 is 29.6 Å². The Balaban J connectivity index is 1.63. The Bertz CT molecular complexity index is 1020. The van der Waals surface area contributed by atoms with Gasteiger partial charge in [0.05, 0.1) is 10.5 Å². The number of carbonyl (C=O) groups excluding carboxylic acids is 2. The number of para-hydroxylation sites is 1. The number of carbonyl (C=O) groups is 2. The quantitative estimate of drug-likeness (QED) is 0.365. The SMILES string of the molecule is O=C(Oc1ccccc1/C=C1/Sc2ccccc2C1=O)c1ccccc1. The first kappa shape index (κ1) is 16.4. The molecule has 0 aliphatic carbocycles. The molecule has 126 valence electrons. The molecule has 0 aromatic heterocycles. The Labute approximate surface area is 155 Å². The summed E-state index contributed by atoms with van der Waals surface area (Å²) in [6, 6.07) is 23.6. The average Bonchev–Trinajstić information content (AvgIpc) is 3.00. The van der Waals surface area contributed by atoms with E-state index in [1.807, 2.05) is 42.5 Å². The van der Waals surface area contributed by atoms with Crippen LogP contribution >= 0.6 is 11.8 Å². The van der Waals surface area contributed by atoms with Crippen LogP contribution in [-0.4, -0.2) is 11.8 Å². The predicted octanol–water partition coefficient (Wildman–Crippen LogP) is 5.24. The van der Waals surface area contributed by atoms with Crippen LogP contribution in [0.2, 0.25) is 0 Å². The van der Waals surface area contributed by atoms with Crippen molar-refractivity contribution < 1.29 is 14.3 Å². The molecule has 3 nitrogen and oxygen atoms in total. The summed E-state index contributed by atoms with van der Waals surface area (Å²) in [5.74, 6) is -0.00173. The van der Waals surface area contributed by atoms with Crippen molar-refractivity contribution in [2.24, 2.45) is 0 Å². The Hall–Kier alpha value is -3.11. The maximum absolute atomic E-state index is 12.6. The third-order valence-corrected chi connectivity index (χ3v) is 5.09. The minimum Gasteiger partial charge on any atom is -0.422 e. The normalized spacial score (nSPS) is 14.3. The zero-order valence-electron chi connectivity index (χ0n) is 13.7. The van der Waals surface area contributed by atoms with E-state index in [1.165, 1.54) is 11.8 Å². The Morgan fingerprint density at radius 2 is 1.54 bits per heavy atom. The lowest BCUT2D eigenvalue weighted by Gasteiger charge is -2.08. The minimum atomic E-state index is -0.426. The first-order valence-corrected chi connectivity index (χ1v) is 8.93. The lowest BCUT2D eigenvalue weighted by Crippen LogP contribution is -2.09. The van der Waals surface area contributed by atoms with Gasteiger partial charge in [0.15, 0.2) is 0 Å². The zero-order chi connectivity index (χ0) is 17.9. The van der Waals surface area contributed by atoms with Crippen molar-refractivity contribution in [1.82, 2.24) is 0 Å². The highest BCUT2D eigenvalue weighted by molar-refractivity contribution is 8.04. The van der Waals surface area contributed by atoms with Gasteiger partial charge in [-0.15, -0.1) is 0 Å². The van der Waals surface area contributed by atoms with Gasteiger partial charge in [0, 0.05) is 16.0 Å². The van der Waals surface area contributed by atoms with E-state index in [1.54, 1.807) is 42.5 Å². The van der Waals surface area contributed by atoms with Crippen molar-refractivity contribution in [2.75, 3.05) is 0 Å². The molecule has 0 amide bonds. The molecule has 0 N–H and O–H groups in total. The summed E-state index contributed by atoms with van der Waals surface area (Å²) >= 11 is 1.43. The summed E-state index contributed by atoms with van der Waals surface area (Å²) in [4.78, 5) is 26.5. The molecule has 0 saturated carbocycles. The van der Waals surface area contributed by atoms with Crippen LogP contribution in [0.4, 0.5) is 0 Å². The smallest absolute Gasteiger partial charge is 0.343 e. The molecule has 0 spiro atoms. The Morgan fingerprint density at radius 1 is 0.846 bits per heavy atom. The highest BCUT2D eigenvalue weighted by Crippen LogP contribution is 2.41. The molecule has 1 aliphatic heterocycles. The van der Waals surface area contributed by atoms with Crippen molar-refractivity contribution in [1.29, 1.82) is 0 Å². The fourth-order valence-electron chi connectivity index (χ4n) is 2.70. The van der Waals surface area contributed by atoms with Gasteiger partial charge in [-0.1, -0.05) is 60.3 Å². The average molecular weight is 358 g/mol. The lowest BCUT2D eigenvalue weighted by atomic mass is 10.1. The molecule has 26 heavy (non-hydrogen) atoms. The van der Waals surface area contributed by atoms with Crippen LogP contribution in [0.5, 0.6) is 5.75 Å². The molecule has 1 heterocycles. The number of hydrogen-bond acceptors (Lipinski definition) is 4. The molecule has 4 heteroatoms. The van der Waals surface area contributed by atoms with Gasteiger partial charge >= 0.3 is 5.97 Å². The second-order valence-corrected chi connectivity index (χ2v) is 6.81. The van der Waals surface area contributed by atoms with E-state index in [-0.39, 0.29) is 5.78 Å². The van der Waals surface area contributed by atoms with Crippen LogP contribution in [0.15, 0.2) is 88.7 Å². The van der Waals surface area contributed by atoms with E-state index >= 15 is 0 Å². The maximum Gasteiger partial charge on any atom is 0.343 e. The van der Waals surface area contributed by atoms with Crippen molar-refractivity contribution in [3.63, 3.8) is 0 Å². The van der Waals surface area contributed by atoms with Crippen LogP contribution in [0.25, 0.3) is 6.08 Å². The van der Waals surface area contributed by atoms with Gasteiger partial charge in [0.1, 0.15) is 5.75 Å². The number of ether oxygens (including phenoxy) is 1. The molecule has 0 atom stereocenters. The summed E-state index contributed by atoms with van der Waals surface area (Å²) < 4.78 is 5.55. The lowest BCUT2D eigenvalue weighted by molar-refractivity contribution is 0.0734. The third kappa shape index (κ3) is 3.19. The third-order valence-electron chi connectivity index (χ3n) is 3.99. The number of Topliss-reactive ketones (excluding diaryl/α,β-unsaturated/α-hetero) is 1. The van der Waals surface area contributed by atoms with Crippen LogP contribution in [0, 0.1) is 0 Å². The minimum absolute atomic E-state index is 0.00483. The van der Waals surface area contributed by atoms with Gasteiger partial charge in [-0.25, -0.2) is 4.79 Å². The first-order valence-electron chi connectivity index (χ1n) is 8.12. The van der Waals surface area contributed by atoms with Crippen molar-refractivity contribution in [2.45, 2.75) is 4.90 Å². The van der Waals surface area contributed by atoms with Crippen LogP contribution < -0.4 is 4.74 Å². The predicted molar refractivity (Wildman–Crippen MR) is 102 cm³/mol. The monoisotopic (exact) mass is 358 g/mol. The molecule has 0 saturated heterocycles. The Morgan fingerprint density at radius 3 is 2.35 bits per heavy atom. The summed E-state index contributed by atoms with van der Waals surface area (Å²) in [5, 5.41) is 0. The number of benzene rings is 3. The van der Waals surface area contributed by atoms with Crippen LogP contribution in [0.3, 0.4) is 0 Å². The highest BCUT2D eigenvalue weighted by Gasteiger charge is 2.25. The number of hydrogen-bond donors (Lipinski definition) is 0. The molecular formula is C22H14O3S. The molecule has 0 bridgehead atoms. The number of ketones is 1. The zero-order valence-corrected chi connectivity index (χ0v) is 14.5. The van der Waals surface area contributed by atoms with Crippen molar-refractivity contribution in [3.8, 4) is 5.75 Å².